The number of carbonyl (C=O) groups excluding carboxylic acids is 6. The number of hydrogen-bond acceptors (Lipinski definition) is 10. The number of nitrogens with zero attached hydrogens (tertiary/aromatic N) is 3. The molecule has 2 aromatic rings. The molecule has 6 amide bonds. The van der Waals surface area contributed by atoms with Gasteiger partial charge >= 0.3 is 5.97 Å². The Morgan fingerprint density at radius 2 is 1.35 bits per heavy atom. The van der Waals surface area contributed by atoms with Crippen molar-refractivity contribution in [2.45, 2.75) is 128 Å². The van der Waals surface area contributed by atoms with Gasteiger partial charge in [0.15, 0.2) is 11.9 Å². The molecular weight excluding hydrogens is 995 g/mol. The highest BCUT2D eigenvalue weighted by atomic mass is 131. The SMILES string of the molecule is CC[C@H](C)[C@H](NC(=O)[C@H](Cc1ccc(O)cc1)NC(=O)[C@@H]1CCCN1C(=O)[C@H](CCCN=C(N)N)NC(=O)[C@H](CCCN=C(N)N)NC(=O)Cc1ccccc1[131I])C(=O)N[C@@H](CC(C)C)C(=O)O. The number of guanidine groups is 2. The fraction of sp³-hybridized carbons (Fsp3) is 0.543. The average Bonchev–Trinajstić information content (AvgIpc) is 3.78. The van der Waals surface area contributed by atoms with E-state index >= 15 is 0 Å². The molecule has 0 saturated carbocycles. The molecule has 0 radical (unpaired) electrons. The van der Waals surface area contributed by atoms with Crippen LogP contribution in [0.25, 0.3) is 0 Å². The number of aliphatic carboxylic acids is 1. The third kappa shape index (κ3) is 18.8. The van der Waals surface area contributed by atoms with Gasteiger partial charge in [0.25, 0.3) is 0 Å². The molecule has 374 valence electrons. The lowest BCUT2D eigenvalue weighted by molar-refractivity contribution is -0.143. The van der Waals surface area contributed by atoms with Gasteiger partial charge in [0.05, 0.1) is 6.42 Å². The van der Waals surface area contributed by atoms with Gasteiger partial charge in [0, 0.05) is 29.6 Å². The lowest BCUT2D eigenvalue weighted by Crippen LogP contribution is -2.60. The lowest BCUT2D eigenvalue weighted by atomic mass is 9.96. The molecule has 1 saturated heterocycles. The van der Waals surface area contributed by atoms with Crippen LogP contribution in [0.1, 0.15) is 90.2 Å². The van der Waals surface area contributed by atoms with Crippen molar-refractivity contribution >= 4 is 75.9 Å². The van der Waals surface area contributed by atoms with E-state index in [1.807, 2.05) is 32.9 Å². The van der Waals surface area contributed by atoms with Crippen LogP contribution in [0.3, 0.4) is 0 Å². The zero-order valence-electron chi connectivity index (χ0n) is 39.2. The summed E-state index contributed by atoms with van der Waals surface area (Å²) in [6, 6.07) is 6.25. The number of hydrogen-bond donors (Lipinski definition) is 11. The van der Waals surface area contributed by atoms with Crippen LogP contribution in [0, 0.1) is 15.4 Å². The Morgan fingerprint density at radius 1 is 0.765 bits per heavy atom. The zero-order valence-corrected chi connectivity index (χ0v) is 41.4. The summed E-state index contributed by atoms with van der Waals surface area (Å²) < 4.78 is 0.864. The molecule has 15 N–H and O–H groups in total. The Morgan fingerprint density at radius 3 is 1.93 bits per heavy atom. The van der Waals surface area contributed by atoms with Crippen molar-refractivity contribution in [3.05, 3.63) is 63.2 Å². The zero-order chi connectivity index (χ0) is 50.5. The van der Waals surface area contributed by atoms with Gasteiger partial charge in [-0.25, -0.2) is 4.79 Å². The number of benzene rings is 2. The number of carbonyl (C=O) groups is 7. The van der Waals surface area contributed by atoms with Crippen molar-refractivity contribution in [1.82, 2.24) is 31.5 Å². The van der Waals surface area contributed by atoms with Crippen LogP contribution in [-0.2, 0) is 46.4 Å². The van der Waals surface area contributed by atoms with E-state index in [1.165, 1.54) is 17.0 Å². The number of carboxylic acids is 1. The first-order valence-corrected chi connectivity index (χ1v) is 23.9. The molecule has 22 heteroatoms. The number of halogens is 1. The van der Waals surface area contributed by atoms with Gasteiger partial charge in [-0.05, 0) is 109 Å². The molecule has 3 rings (SSSR count). The normalized spacial score (nSPS) is 15.9. The molecule has 1 fully saturated rings. The summed E-state index contributed by atoms with van der Waals surface area (Å²) in [5.41, 5.74) is 23.4. The van der Waals surface area contributed by atoms with E-state index in [-0.39, 0.29) is 88.2 Å². The predicted molar refractivity (Wildman–Crippen MR) is 265 cm³/mol. The molecule has 0 spiro atoms. The largest absolute Gasteiger partial charge is 0.508 e. The van der Waals surface area contributed by atoms with Crippen LogP contribution in [0.15, 0.2) is 58.5 Å². The van der Waals surface area contributed by atoms with Gasteiger partial charge in [-0.1, -0.05) is 64.4 Å². The summed E-state index contributed by atoms with van der Waals surface area (Å²) in [6.45, 7) is 7.63. The summed E-state index contributed by atoms with van der Waals surface area (Å²) in [6.07, 6.45) is 1.85. The Balaban J connectivity index is 1.92. The Kier molecular flexibility index (Phi) is 23.3. The van der Waals surface area contributed by atoms with Crippen LogP contribution >= 0.6 is 22.6 Å². The molecule has 68 heavy (non-hydrogen) atoms. The highest BCUT2D eigenvalue weighted by Gasteiger charge is 2.40. The van der Waals surface area contributed by atoms with Crippen LogP contribution in [0.5, 0.6) is 5.75 Å². The number of nitrogens with two attached hydrogens (primary N) is 4. The number of rotatable bonds is 27. The minimum atomic E-state index is -1.30. The van der Waals surface area contributed by atoms with Crippen molar-refractivity contribution in [3.8, 4) is 5.75 Å². The quantitative estimate of drug-likeness (QED) is 0.0251. The predicted octanol–water partition coefficient (Wildman–Crippen LogP) is 0.481. The molecule has 0 aliphatic carbocycles. The Bertz CT molecular complexity index is 2100. The first-order chi connectivity index (χ1) is 32.2. The molecule has 1 aliphatic heterocycles. The molecule has 1 aliphatic rings. The number of aliphatic imine (C=N–C) groups is 2. The molecular formula is C46H69IN12O9. The van der Waals surface area contributed by atoms with Gasteiger partial charge in [0.2, 0.25) is 35.4 Å². The van der Waals surface area contributed by atoms with Gasteiger partial charge < -0.3 is 64.6 Å². The van der Waals surface area contributed by atoms with E-state index in [1.54, 1.807) is 31.2 Å². The second-order valence-corrected chi connectivity index (χ2v) is 18.5. The first-order valence-electron chi connectivity index (χ1n) is 22.9. The second-order valence-electron chi connectivity index (χ2n) is 17.4. The van der Waals surface area contributed by atoms with E-state index in [9.17, 15) is 43.8 Å². The maximum atomic E-state index is 14.6. The average molecular weight is 1070 g/mol. The smallest absolute Gasteiger partial charge is 0.326 e. The second kappa shape index (κ2) is 28.2. The van der Waals surface area contributed by atoms with Crippen molar-refractivity contribution in [2.75, 3.05) is 19.6 Å². The van der Waals surface area contributed by atoms with Crippen molar-refractivity contribution in [1.29, 1.82) is 0 Å². The number of aromatic hydroxyl groups is 1. The fourth-order valence-electron chi connectivity index (χ4n) is 7.62. The summed E-state index contributed by atoms with van der Waals surface area (Å²) in [7, 11) is 0. The van der Waals surface area contributed by atoms with Crippen molar-refractivity contribution < 1.29 is 43.8 Å². The third-order valence-corrected chi connectivity index (χ3v) is 12.5. The van der Waals surface area contributed by atoms with Crippen LogP contribution in [0.4, 0.5) is 0 Å². The van der Waals surface area contributed by atoms with E-state index in [0.29, 0.717) is 24.8 Å². The highest BCUT2D eigenvalue weighted by molar-refractivity contribution is 14.1. The van der Waals surface area contributed by atoms with E-state index in [2.05, 4.69) is 59.2 Å². The Labute approximate surface area is 411 Å². The van der Waals surface area contributed by atoms with E-state index in [0.717, 1.165) is 9.13 Å². The number of amides is 6. The van der Waals surface area contributed by atoms with Crippen molar-refractivity contribution in [3.63, 3.8) is 0 Å². The Hall–Kier alpha value is -6.20. The lowest BCUT2D eigenvalue weighted by Gasteiger charge is -2.31. The number of phenols is 1. The van der Waals surface area contributed by atoms with Crippen LogP contribution in [0.2, 0.25) is 0 Å². The summed E-state index contributed by atoms with van der Waals surface area (Å²) in [4.78, 5) is 106. The van der Waals surface area contributed by atoms with E-state index in [4.69, 9.17) is 22.9 Å². The third-order valence-electron chi connectivity index (χ3n) is 11.4. The minimum absolute atomic E-state index is 0.0109. The van der Waals surface area contributed by atoms with Crippen molar-refractivity contribution in [2.24, 2.45) is 44.8 Å². The van der Waals surface area contributed by atoms with Gasteiger partial charge in [-0.15, -0.1) is 0 Å². The summed E-state index contributed by atoms with van der Waals surface area (Å²) in [5, 5.41) is 33.5. The number of nitrogens with one attached hydrogen (secondary N) is 5. The first kappa shape index (κ1) is 56.1. The van der Waals surface area contributed by atoms with Crippen LogP contribution in [-0.4, -0.2) is 124 Å². The monoisotopic (exact) mass is 1060 g/mol. The molecule has 7 atom stereocenters. The molecule has 0 unspecified atom stereocenters. The molecule has 0 aromatic heterocycles. The number of carboxylic acid groups (broad SMARTS) is 1. The molecule has 2 aromatic carbocycles. The van der Waals surface area contributed by atoms with Gasteiger partial charge in [0.1, 0.15) is 42.0 Å². The van der Waals surface area contributed by atoms with Gasteiger partial charge in [-0.3, -0.25) is 38.8 Å². The maximum Gasteiger partial charge on any atom is 0.326 e. The molecule has 1 heterocycles. The topological polar surface area (TPSA) is 352 Å². The molecule has 0 bridgehead atoms. The molecule has 21 nitrogen and oxygen atoms in total. The number of phenolic OH excluding ortho intramolecular Hbond substituents is 1. The summed E-state index contributed by atoms with van der Waals surface area (Å²) in [5.74, 6) is -5.83. The number of likely N-dealkylation sites (tertiary alicyclic amines) is 1. The minimum Gasteiger partial charge on any atom is -0.508 e. The summed E-state index contributed by atoms with van der Waals surface area (Å²) >= 11 is 2.12. The standard InChI is InChI=1S/C46H69IN12O9/c1-5-27(4)38(42(65)57-35(44(67)68)23-26(2)3)58-40(63)34(24-28-16-18-30(60)19-17-28)56-41(64)36-15-10-22-59(36)43(66)33(14-9-21-53-46(50)51)55-39(62)32(13-8-20-52-45(48)49)54-37(61)25-29-11-6-7-12-31(29)47/h6-7,11-12,16-19,26-27,32-36,38,60H,5,8-10,13-15,20-25H2,1-4H3,(H,54,61)(H,55,62)(H,56,64)(H,57,65)(H,58,63)(H,67,68)(H4,48,49,52)(H4,50,51,53)/t27-,32-,33-,34-,35-,36-,38-/m0/s1/i47+4. The van der Waals surface area contributed by atoms with E-state index < -0.39 is 83.6 Å². The highest BCUT2D eigenvalue weighted by Crippen LogP contribution is 2.22. The fourth-order valence-corrected chi connectivity index (χ4v) is 8.20. The van der Waals surface area contributed by atoms with Crippen LogP contribution < -0.4 is 49.5 Å². The maximum absolute atomic E-state index is 14.6. The van der Waals surface area contributed by atoms with Gasteiger partial charge in [-0.2, -0.15) is 0 Å².